The van der Waals surface area contributed by atoms with E-state index in [1.165, 1.54) is 19.9 Å². The number of aliphatic hydroxyl groups excluding tert-OH is 4. The summed E-state index contributed by atoms with van der Waals surface area (Å²) in [5, 5.41) is 81.8. The topological polar surface area (TPSA) is 237 Å². The molecule has 14 nitrogen and oxygen atoms in total. The third kappa shape index (κ3) is 4.89. The second kappa shape index (κ2) is 10.6. The van der Waals surface area contributed by atoms with Crippen LogP contribution in [0.5, 0.6) is 23.0 Å². The third-order valence-electron chi connectivity index (χ3n) is 7.28. The van der Waals surface area contributed by atoms with Crippen LogP contribution in [-0.2, 0) is 19.0 Å². The van der Waals surface area contributed by atoms with Crippen molar-refractivity contribution in [2.45, 2.75) is 69.0 Å². The van der Waals surface area contributed by atoms with Crippen LogP contribution in [0.25, 0.3) is 22.3 Å². The molecular weight excluding hydrogens is 548 g/mol. The number of hydrogen-bond donors (Lipinski definition) is 8. The second-order valence-corrected chi connectivity index (χ2v) is 10.1. The highest BCUT2D eigenvalue weighted by Gasteiger charge is 2.50. The molecule has 5 rings (SSSR count). The van der Waals surface area contributed by atoms with Gasteiger partial charge in [-0.15, -0.1) is 0 Å². The number of hydrogen-bond acceptors (Lipinski definition) is 14. The fraction of sp³-hybridized carbons (Fsp3) is 0.407. The zero-order valence-electron chi connectivity index (χ0n) is 21.6. The first kappa shape index (κ1) is 28.8. The van der Waals surface area contributed by atoms with Crippen LogP contribution in [0.4, 0.5) is 0 Å². The van der Waals surface area contributed by atoms with E-state index in [9.17, 15) is 50.4 Å². The van der Waals surface area contributed by atoms with Crippen molar-refractivity contribution in [3.8, 4) is 34.3 Å². The van der Waals surface area contributed by atoms with Crippen LogP contribution < -0.4 is 5.43 Å². The lowest BCUT2D eigenvalue weighted by Gasteiger charge is -2.43. The molecule has 0 amide bonds. The molecule has 0 saturated carbocycles. The van der Waals surface area contributed by atoms with E-state index in [4.69, 9.17) is 18.6 Å². The number of phenolic OH excluding ortho intramolecular Hbond substituents is 4. The lowest BCUT2D eigenvalue weighted by atomic mass is 9.90. The number of Topliss-reactive ketones (excluding diaryl/α,β-unsaturated/α-hetero) is 1. The van der Waals surface area contributed by atoms with Gasteiger partial charge in [0.1, 0.15) is 53.2 Å². The van der Waals surface area contributed by atoms with Gasteiger partial charge in [-0.3, -0.25) is 9.59 Å². The summed E-state index contributed by atoms with van der Waals surface area (Å²) in [5.74, 6) is -3.43. The maximum absolute atomic E-state index is 13.3. The van der Waals surface area contributed by atoms with Crippen LogP contribution in [0, 0.1) is 0 Å². The number of fused-ring (bicyclic) bond motifs is 1. The van der Waals surface area contributed by atoms with Crippen LogP contribution >= 0.6 is 0 Å². The molecule has 0 radical (unpaired) electrons. The molecule has 3 aromatic rings. The molecule has 3 heterocycles. The highest BCUT2D eigenvalue weighted by atomic mass is 16.7. The first-order chi connectivity index (χ1) is 19.3. The van der Waals surface area contributed by atoms with Gasteiger partial charge in [-0.05, 0) is 32.0 Å². The van der Waals surface area contributed by atoms with E-state index in [2.05, 4.69) is 0 Å². The van der Waals surface area contributed by atoms with Crippen LogP contribution in [0.3, 0.4) is 0 Å². The molecule has 2 aliphatic rings. The fourth-order valence-electron chi connectivity index (χ4n) is 4.97. The highest BCUT2D eigenvalue weighted by molar-refractivity contribution is 5.93. The summed E-state index contributed by atoms with van der Waals surface area (Å²) in [6.07, 6.45) is -14.1. The molecule has 2 aliphatic heterocycles. The highest BCUT2D eigenvalue weighted by Crippen LogP contribution is 2.44. The first-order valence-electron chi connectivity index (χ1n) is 12.6. The predicted molar refractivity (Wildman–Crippen MR) is 136 cm³/mol. The molecule has 41 heavy (non-hydrogen) atoms. The quantitative estimate of drug-likeness (QED) is 0.189. The van der Waals surface area contributed by atoms with Crippen LogP contribution in [0.15, 0.2) is 39.5 Å². The van der Waals surface area contributed by atoms with Crippen LogP contribution in [-0.4, -0.2) is 95.7 Å². The minimum Gasteiger partial charge on any atom is -0.507 e. The van der Waals surface area contributed by atoms with Crippen molar-refractivity contribution in [3.05, 3.63) is 46.1 Å². The van der Waals surface area contributed by atoms with Gasteiger partial charge in [0.15, 0.2) is 40.7 Å². The Bertz CT molecular complexity index is 1550. The molecule has 0 spiro atoms. The molecule has 0 bridgehead atoms. The van der Waals surface area contributed by atoms with Crippen LogP contribution in [0.1, 0.15) is 25.5 Å². The summed E-state index contributed by atoms with van der Waals surface area (Å²) in [5.41, 5.74) is -1.42. The minimum atomic E-state index is -1.83. The Morgan fingerprint density at radius 2 is 1.46 bits per heavy atom. The Balaban J connectivity index is 1.67. The maximum atomic E-state index is 13.3. The summed E-state index contributed by atoms with van der Waals surface area (Å²) in [7, 11) is 0. The van der Waals surface area contributed by atoms with Gasteiger partial charge in [0.2, 0.25) is 0 Å². The SMILES string of the molecule is C[C@@H]1O[C@@H](O[C@@H]2C(=O)[C@H](O)[C@@H](C)O[C@H]2c2c(O)cc(O)c3c(=O)cc(-c4ccc(O)c(O)c4)oc23)[C@H](O)[C@H](O)[C@H]1O. The fourth-order valence-corrected chi connectivity index (χ4v) is 4.97. The Morgan fingerprint density at radius 1 is 0.756 bits per heavy atom. The second-order valence-electron chi connectivity index (χ2n) is 10.1. The third-order valence-corrected chi connectivity index (χ3v) is 7.28. The molecule has 220 valence electrons. The largest absolute Gasteiger partial charge is 0.507 e. The van der Waals surface area contributed by atoms with Crippen molar-refractivity contribution in [2.24, 2.45) is 0 Å². The Kier molecular flexibility index (Phi) is 7.42. The summed E-state index contributed by atoms with van der Waals surface area (Å²) < 4.78 is 22.9. The number of ether oxygens (including phenoxy) is 3. The van der Waals surface area contributed by atoms with Gasteiger partial charge >= 0.3 is 0 Å². The Labute approximate surface area is 230 Å². The van der Waals surface area contributed by atoms with E-state index in [-0.39, 0.29) is 16.9 Å². The molecule has 1 aromatic heterocycles. The van der Waals surface area contributed by atoms with E-state index in [0.717, 1.165) is 24.3 Å². The molecule has 9 atom stereocenters. The molecule has 14 heteroatoms. The summed E-state index contributed by atoms with van der Waals surface area (Å²) in [4.78, 5) is 26.4. The van der Waals surface area contributed by atoms with E-state index in [0.29, 0.717) is 0 Å². The van der Waals surface area contributed by atoms with Crippen molar-refractivity contribution in [1.29, 1.82) is 0 Å². The zero-order chi connectivity index (χ0) is 29.9. The molecule has 2 saturated heterocycles. The van der Waals surface area contributed by atoms with Gasteiger partial charge < -0.3 is 59.5 Å². The smallest absolute Gasteiger partial charge is 0.197 e. The number of ketones is 1. The molecule has 2 aromatic carbocycles. The summed E-state index contributed by atoms with van der Waals surface area (Å²) in [6.45, 7) is 2.75. The van der Waals surface area contributed by atoms with Gasteiger partial charge in [-0.2, -0.15) is 0 Å². The van der Waals surface area contributed by atoms with E-state index in [1.807, 2.05) is 0 Å². The lowest BCUT2D eigenvalue weighted by Crippen LogP contribution is -2.60. The van der Waals surface area contributed by atoms with Crippen molar-refractivity contribution >= 4 is 16.8 Å². The monoisotopic (exact) mass is 576 g/mol. The Morgan fingerprint density at radius 3 is 2.15 bits per heavy atom. The average molecular weight is 577 g/mol. The van der Waals surface area contributed by atoms with Crippen LogP contribution in [0.2, 0.25) is 0 Å². The molecular formula is C27H28O14. The summed E-state index contributed by atoms with van der Waals surface area (Å²) in [6, 6.07) is 5.41. The number of phenols is 4. The molecule has 8 N–H and O–H groups in total. The van der Waals surface area contributed by atoms with Gasteiger partial charge in [0.05, 0.1) is 17.8 Å². The lowest BCUT2D eigenvalue weighted by molar-refractivity contribution is -0.314. The average Bonchev–Trinajstić information content (AvgIpc) is 2.92. The van der Waals surface area contributed by atoms with E-state index in [1.54, 1.807) is 0 Å². The van der Waals surface area contributed by atoms with Gasteiger partial charge in [-0.25, -0.2) is 0 Å². The normalized spacial score (nSPS) is 32.3. The van der Waals surface area contributed by atoms with Gasteiger partial charge in [-0.1, -0.05) is 0 Å². The first-order valence-corrected chi connectivity index (χ1v) is 12.6. The van der Waals surface area contributed by atoms with E-state index >= 15 is 0 Å². The van der Waals surface area contributed by atoms with Crippen molar-refractivity contribution in [3.63, 3.8) is 0 Å². The minimum absolute atomic E-state index is 0.130. The Hall–Kier alpha value is -3.76. The van der Waals surface area contributed by atoms with Gasteiger partial charge in [0.25, 0.3) is 0 Å². The van der Waals surface area contributed by atoms with Crippen molar-refractivity contribution < 1.29 is 64.3 Å². The number of carbonyl (C=O) groups is 1. The maximum Gasteiger partial charge on any atom is 0.197 e. The number of benzene rings is 2. The number of carbonyl (C=O) groups excluding carboxylic acids is 1. The summed E-state index contributed by atoms with van der Waals surface area (Å²) >= 11 is 0. The van der Waals surface area contributed by atoms with Crippen molar-refractivity contribution in [2.75, 3.05) is 0 Å². The number of rotatable bonds is 4. The van der Waals surface area contributed by atoms with Gasteiger partial charge in [0, 0.05) is 17.7 Å². The molecule has 0 unspecified atom stereocenters. The van der Waals surface area contributed by atoms with E-state index < -0.39 is 100 Å². The number of aliphatic hydroxyl groups is 4. The standard InChI is InChI=1S/C27H28O14/c1-8-20(34)22(36)26(41-27-23(37)21(35)19(33)9(2)39-27)25(38-8)18-14(31)6-13(30)17-15(32)7-16(40-24(17)18)10-3-4-11(28)12(29)5-10/h3-9,19-21,23,25-31,33-35,37H,1-2H3/t8-,9+,19+,20-,21-,23-,25+,26-,27+/m1/s1. The molecule has 2 fully saturated rings. The van der Waals surface area contributed by atoms with Crippen molar-refractivity contribution in [1.82, 2.24) is 0 Å². The molecule has 0 aliphatic carbocycles. The predicted octanol–water partition coefficient (Wildman–Crippen LogP) is -0.115. The zero-order valence-corrected chi connectivity index (χ0v) is 21.6. The number of aromatic hydroxyl groups is 4.